The van der Waals surface area contributed by atoms with E-state index in [1.165, 1.54) is 25.7 Å². The summed E-state index contributed by atoms with van der Waals surface area (Å²) in [5, 5.41) is 9.77. The van der Waals surface area contributed by atoms with Gasteiger partial charge in [-0.1, -0.05) is 54.4 Å². The van der Waals surface area contributed by atoms with E-state index in [0.717, 1.165) is 13.0 Å². The van der Waals surface area contributed by atoms with Crippen molar-refractivity contribution in [3.63, 3.8) is 0 Å². The van der Waals surface area contributed by atoms with Gasteiger partial charge in [-0.15, -0.1) is 0 Å². The highest BCUT2D eigenvalue weighted by atomic mass is 28.4. The summed E-state index contributed by atoms with van der Waals surface area (Å²) < 4.78 is 6.57. The van der Waals surface area contributed by atoms with Crippen LogP contribution in [0, 0.1) is 5.92 Å². The summed E-state index contributed by atoms with van der Waals surface area (Å²) >= 11 is 0. The summed E-state index contributed by atoms with van der Waals surface area (Å²) in [7, 11) is -1.66. The Kier molecular flexibility index (Phi) is 6.95. The predicted octanol–water partition coefficient (Wildman–Crippen LogP) is 5.51. The molecule has 3 heteroatoms. The second-order valence-electron chi connectivity index (χ2n) is 8.27. The average molecular weight is 315 g/mol. The number of rotatable bonds is 10. The molecular formula is C18H38O2Si. The van der Waals surface area contributed by atoms with Crippen molar-refractivity contribution in [1.29, 1.82) is 0 Å². The van der Waals surface area contributed by atoms with Gasteiger partial charge < -0.3 is 9.53 Å². The van der Waals surface area contributed by atoms with Gasteiger partial charge in [0.1, 0.15) is 0 Å². The number of unbranched alkanes of at least 4 members (excludes halogenated alkanes) is 2. The van der Waals surface area contributed by atoms with E-state index in [-0.39, 0.29) is 5.60 Å². The molecule has 0 spiro atoms. The topological polar surface area (TPSA) is 29.5 Å². The molecule has 1 saturated carbocycles. The minimum absolute atomic E-state index is 0.342. The molecule has 0 aromatic rings. The van der Waals surface area contributed by atoms with Gasteiger partial charge in [0.2, 0.25) is 0 Å². The zero-order valence-electron chi connectivity index (χ0n) is 15.4. The van der Waals surface area contributed by atoms with Gasteiger partial charge in [0, 0.05) is 6.61 Å². The molecule has 126 valence electrons. The highest BCUT2D eigenvalue weighted by molar-refractivity contribution is 6.77. The van der Waals surface area contributed by atoms with Gasteiger partial charge in [0.05, 0.1) is 5.60 Å². The number of hydrogen-bond acceptors (Lipinski definition) is 2. The largest absolute Gasteiger partial charge is 0.416 e. The molecule has 1 aliphatic carbocycles. The first-order valence-corrected chi connectivity index (χ1v) is 11.1. The van der Waals surface area contributed by atoms with Crippen molar-refractivity contribution in [2.24, 2.45) is 5.92 Å². The average Bonchev–Trinajstić information content (AvgIpc) is 2.94. The first-order valence-electron chi connectivity index (χ1n) is 9.01. The van der Waals surface area contributed by atoms with Gasteiger partial charge in [0.25, 0.3) is 0 Å². The van der Waals surface area contributed by atoms with E-state index in [1.54, 1.807) is 0 Å². The lowest BCUT2D eigenvalue weighted by molar-refractivity contribution is 0.149. The van der Waals surface area contributed by atoms with Crippen molar-refractivity contribution in [2.45, 2.75) is 103 Å². The van der Waals surface area contributed by atoms with Crippen LogP contribution in [0.15, 0.2) is 0 Å². The van der Waals surface area contributed by atoms with Crippen LogP contribution in [-0.2, 0) is 4.43 Å². The third kappa shape index (κ3) is 4.80. The SMILES string of the molecule is CC(C)[Si](OCCCCC[C@H]1C[C@]1(C)O)(C(C)C)C(C)C. The smallest absolute Gasteiger partial charge is 0.200 e. The fraction of sp³-hybridized carbons (Fsp3) is 1.00. The van der Waals surface area contributed by atoms with Crippen LogP contribution in [-0.4, -0.2) is 25.6 Å². The number of hydrogen-bond donors (Lipinski definition) is 1. The van der Waals surface area contributed by atoms with E-state index < -0.39 is 8.32 Å². The summed E-state index contributed by atoms with van der Waals surface area (Å²) in [6.45, 7) is 17.0. The molecule has 21 heavy (non-hydrogen) atoms. The maximum absolute atomic E-state index is 9.77. The number of aliphatic hydroxyl groups is 1. The predicted molar refractivity (Wildman–Crippen MR) is 94.2 cm³/mol. The van der Waals surface area contributed by atoms with E-state index in [4.69, 9.17) is 4.43 Å². The molecule has 0 aliphatic heterocycles. The zero-order valence-corrected chi connectivity index (χ0v) is 16.4. The lowest BCUT2D eigenvalue weighted by Crippen LogP contribution is -2.47. The van der Waals surface area contributed by atoms with Crippen LogP contribution in [0.1, 0.15) is 80.6 Å². The molecule has 0 aromatic carbocycles. The Morgan fingerprint density at radius 3 is 1.86 bits per heavy atom. The third-order valence-electron chi connectivity index (χ3n) is 5.64. The van der Waals surface area contributed by atoms with Gasteiger partial charge in [-0.05, 0) is 48.7 Å². The molecular weight excluding hydrogens is 276 g/mol. The fourth-order valence-corrected chi connectivity index (χ4v) is 9.77. The second-order valence-corrected chi connectivity index (χ2v) is 13.7. The maximum Gasteiger partial charge on any atom is 0.200 e. The highest BCUT2D eigenvalue weighted by Crippen LogP contribution is 2.46. The molecule has 1 aliphatic rings. The minimum atomic E-state index is -1.66. The van der Waals surface area contributed by atoms with Crippen LogP contribution in [0.2, 0.25) is 16.6 Å². The molecule has 1 rings (SSSR count). The second kappa shape index (κ2) is 7.61. The molecule has 1 fully saturated rings. The molecule has 1 N–H and O–H groups in total. The van der Waals surface area contributed by atoms with Gasteiger partial charge in [-0.3, -0.25) is 0 Å². The van der Waals surface area contributed by atoms with Crippen LogP contribution >= 0.6 is 0 Å². The molecule has 0 bridgehead atoms. The molecule has 0 radical (unpaired) electrons. The van der Waals surface area contributed by atoms with E-state index >= 15 is 0 Å². The van der Waals surface area contributed by atoms with Gasteiger partial charge >= 0.3 is 0 Å². The zero-order chi connectivity index (χ0) is 16.3. The summed E-state index contributed by atoms with van der Waals surface area (Å²) in [5.74, 6) is 0.564. The Labute approximate surface area is 133 Å². The third-order valence-corrected chi connectivity index (χ3v) is 11.8. The van der Waals surface area contributed by atoms with E-state index in [1.807, 2.05) is 6.92 Å². The first kappa shape index (κ1) is 19.2. The molecule has 0 saturated heterocycles. The summed E-state index contributed by atoms with van der Waals surface area (Å²) in [5.41, 5.74) is 1.70. The van der Waals surface area contributed by atoms with Crippen LogP contribution in [0.3, 0.4) is 0 Å². The Balaban J connectivity index is 2.27. The van der Waals surface area contributed by atoms with Crippen molar-refractivity contribution in [3.8, 4) is 0 Å². The van der Waals surface area contributed by atoms with Crippen molar-refractivity contribution >= 4 is 8.32 Å². The van der Waals surface area contributed by atoms with Crippen LogP contribution in [0.25, 0.3) is 0 Å². The van der Waals surface area contributed by atoms with Gasteiger partial charge in [-0.25, -0.2) is 0 Å². The monoisotopic (exact) mass is 314 g/mol. The quantitative estimate of drug-likeness (QED) is 0.425. The molecule has 0 heterocycles. The van der Waals surface area contributed by atoms with Gasteiger partial charge in [-0.2, -0.15) is 0 Å². The Morgan fingerprint density at radius 2 is 1.48 bits per heavy atom. The van der Waals surface area contributed by atoms with Crippen LogP contribution < -0.4 is 0 Å². The van der Waals surface area contributed by atoms with Gasteiger partial charge in [0.15, 0.2) is 8.32 Å². The minimum Gasteiger partial charge on any atom is -0.416 e. The van der Waals surface area contributed by atoms with Crippen molar-refractivity contribution in [1.82, 2.24) is 0 Å². The van der Waals surface area contributed by atoms with E-state index in [2.05, 4.69) is 41.5 Å². The summed E-state index contributed by atoms with van der Waals surface area (Å²) in [6.07, 6.45) is 5.85. The molecule has 0 unspecified atom stereocenters. The van der Waals surface area contributed by atoms with Crippen molar-refractivity contribution in [2.75, 3.05) is 6.61 Å². The molecule has 2 nitrogen and oxygen atoms in total. The van der Waals surface area contributed by atoms with Crippen LogP contribution in [0.5, 0.6) is 0 Å². The van der Waals surface area contributed by atoms with E-state index in [0.29, 0.717) is 22.5 Å². The maximum atomic E-state index is 9.77. The standard InChI is InChI=1S/C18H38O2Si/c1-14(2)21(15(3)4,16(5)6)20-12-10-8-9-11-17-13-18(17,7)19/h14-17,19H,8-13H2,1-7H3/t17-,18-/m0/s1. The Hall–Kier alpha value is 0.137. The van der Waals surface area contributed by atoms with Crippen LogP contribution in [0.4, 0.5) is 0 Å². The van der Waals surface area contributed by atoms with Crippen molar-refractivity contribution < 1.29 is 9.53 Å². The lowest BCUT2D eigenvalue weighted by Gasteiger charge is -2.42. The molecule has 2 atom stereocenters. The highest BCUT2D eigenvalue weighted by Gasteiger charge is 2.47. The molecule has 0 amide bonds. The molecule has 0 aromatic heterocycles. The fourth-order valence-electron chi connectivity index (χ4n) is 4.27. The van der Waals surface area contributed by atoms with Crippen molar-refractivity contribution in [3.05, 3.63) is 0 Å². The summed E-state index contributed by atoms with van der Waals surface area (Å²) in [4.78, 5) is 0. The summed E-state index contributed by atoms with van der Waals surface area (Å²) in [6, 6.07) is 0. The normalized spacial score (nSPS) is 26.1. The van der Waals surface area contributed by atoms with E-state index in [9.17, 15) is 5.11 Å². The Bertz CT molecular complexity index is 289. The Morgan fingerprint density at radius 1 is 1.00 bits per heavy atom. The first-order chi connectivity index (χ1) is 9.64. The lowest BCUT2D eigenvalue weighted by atomic mass is 10.1.